The van der Waals surface area contributed by atoms with Crippen molar-refractivity contribution in [3.63, 3.8) is 0 Å². The zero-order valence-electron chi connectivity index (χ0n) is 10.6. The monoisotopic (exact) mass is 225 g/mol. The van der Waals surface area contributed by atoms with E-state index in [1.165, 1.54) is 25.7 Å². The molecule has 1 saturated carbocycles. The van der Waals surface area contributed by atoms with Crippen molar-refractivity contribution < 1.29 is 9.53 Å². The maximum atomic E-state index is 11.9. The Hall–Kier alpha value is -0.570. The topological polar surface area (TPSA) is 38.3 Å². The lowest BCUT2D eigenvalue weighted by molar-refractivity contribution is -0.157. The Morgan fingerprint density at radius 1 is 1.25 bits per heavy atom. The molecule has 1 aliphatic carbocycles. The van der Waals surface area contributed by atoms with Crippen LogP contribution in [0, 0.1) is 5.92 Å². The summed E-state index contributed by atoms with van der Waals surface area (Å²) in [5.41, 5.74) is -0.369. The third-order valence-electron chi connectivity index (χ3n) is 3.55. The number of carbonyl (C=O) groups excluding carboxylic acids is 1. The predicted octanol–water partition coefficient (Wildman–Crippen LogP) is 2.25. The Morgan fingerprint density at radius 3 is 2.56 bits per heavy atom. The summed E-state index contributed by atoms with van der Waals surface area (Å²) >= 11 is 0. The van der Waals surface area contributed by atoms with Crippen LogP contribution in [0.1, 0.15) is 52.9 Å². The first-order valence-corrected chi connectivity index (χ1v) is 6.44. The lowest BCUT2D eigenvalue weighted by atomic mass is 9.85. The highest BCUT2D eigenvalue weighted by molar-refractivity contribution is 5.76. The van der Waals surface area contributed by atoms with Gasteiger partial charge in [-0.3, -0.25) is 4.79 Å². The molecule has 0 radical (unpaired) electrons. The highest BCUT2D eigenvalue weighted by Gasteiger charge is 2.39. The summed E-state index contributed by atoms with van der Waals surface area (Å²) in [5.74, 6) is 0.633. The van der Waals surface area contributed by atoms with Crippen LogP contribution in [0.15, 0.2) is 0 Å². The number of fused-ring (bicyclic) bond motifs is 1. The summed E-state index contributed by atoms with van der Waals surface area (Å²) < 4.78 is 5.43. The molecule has 3 nitrogen and oxygen atoms in total. The Balaban J connectivity index is 1.90. The van der Waals surface area contributed by atoms with Crippen LogP contribution < -0.4 is 5.32 Å². The molecule has 92 valence electrons. The number of rotatable bonds is 1. The van der Waals surface area contributed by atoms with Crippen molar-refractivity contribution in [2.45, 2.75) is 70.6 Å². The van der Waals surface area contributed by atoms with Gasteiger partial charge in [0.2, 0.25) is 0 Å². The first-order chi connectivity index (χ1) is 7.46. The molecule has 1 aliphatic heterocycles. The van der Waals surface area contributed by atoms with Gasteiger partial charge in [-0.1, -0.05) is 12.8 Å². The molecule has 16 heavy (non-hydrogen) atoms. The summed E-state index contributed by atoms with van der Waals surface area (Å²) in [6.07, 6.45) is 6.10. The van der Waals surface area contributed by atoms with E-state index in [4.69, 9.17) is 4.74 Å². The van der Waals surface area contributed by atoms with Gasteiger partial charge in [0.15, 0.2) is 0 Å². The van der Waals surface area contributed by atoms with Crippen molar-refractivity contribution in [1.82, 2.24) is 5.32 Å². The van der Waals surface area contributed by atoms with Gasteiger partial charge in [-0.15, -0.1) is 0 Å². The minimum Gasteiger partial charge on any atom is -0.459 e. The highest BCUT2D eigenvalue weighted by Crippen LogP contribution is 2.33. The molecule has 3 atom stereocenters. The van der Waals surface area contributed by atoms with Crippen molar-refractivity contribution in [2.75, 3.05) is 0 Å². The van der Waals surface area contributed by atoms with Crippen LogP contribution in [0.5, 0.6) is 0 Å². The number of ether oxygens (including phenoxy) is 1. The lowest BCUT2D eigenvalue weighted by Gasteiger charge is -2.24. The molecule has 1 heterocycles. The van der Waals surface area contributed by atoms with Crippen molar-refractivity contribution in [2.24, 2.45) is 5.92 Å². The van der Waals surface area contributed by atoms with Gasteiger partial charge in [0.05, 0.1) is 0 Å². The van der Waals surface area contributed by atoms with E-state index in [2.05, 4.69) is 5.32 Å². The fourth-order valence-electron chi connectivity index (χ4n) is 2.88. The maximum absolute atomic E-state index is 11.9. The summed E-state index contributed by atoms with van der Waals surface area (Å²) in [4.78, 5) is 11.9. The molecular formula is C13H23NO2. The molecule has 0 aromatic heterocycles. The van der Waals surface area contributed by atoms with Gasteiger partial charge >= 0.3 is 5.97 Å². The lowest BCUT2D eigenvalue weighted by Crippen LogP contribution is -2.40. The predicted molar refractivity (Wildman–Crippen MR) is 63.1 cm³/mol. The molecule has 1 saturated heterocycles. The second-order valence-electron chi connectivity index (χ2n) is 6.14. The van der Waals surface area contributed by atoms with E-state index in [0.29, 0.717) is 12.0 Å². The molecule has 1 N–H and O–H groups in total. The number of esters is 1. The van der Waals surface area contributed by atoms with E-state index in [9.17, 15) is 4.79 Å². The van der Waals surface area contributed by atoms with Gasteiger partial charge in [-0.2, -0.15) is 0 Å². The second-order valence-corrected chi connectivity index (χ2v) is 6.14. The Kier molecular flexibility index (Phi) is 3.24. The largest absolute Gasteiger partial charge is 0.459 e. The fraction of sp³-hybridized carbons (Fsp3) is 0.923. The molecule has 0 bridgehead atoms. The van der Waals surface area contributed by atoms with Crippen LogP contribution in [0.2, 0.25) is 0 Å². The van der Waals surface area contributed by atoms with E-state index < -0.39 is 0 Å². The minimum atomic E-state index is -0.369. The van der Waals surface area contributed by atoms with E-state index in [0.717, 1.165) is 6.42 Å². The van der Waals surface area contributed by atoms with Crippen molar-refractivity contribution >= 4 is 5.97 Å². The van der Waals surface area contributed by atoms with Gasteiger partial charge in [0, 0.05) is 6.04 Å². The minimum absolute atomic E-state index is 0.0627. The van der Waals surface area contributed by atoms with Gasteiger partial charge < -0.3 is 10.1 Å². The first kappa shape index (κ1) is 11.9. The summed E-state index contributed by atoms with van der Waals surface area (Å²) in [6, 6.07) is 0.499. The van der Waals surface area contributed by atoms with E-state index >= 15 is 0 Å². The molecule has 0 amide bonds. The molecule has 3 heteroatoms. The number of nitrogens with one attached hydrogen (secondary N) is 1. The molecule has 2 aliphatic rings. The highest BCUT2D eigenvalue weighted by atomic mass is 16.6. The summed E-state index contributed by atoms with van der Waals surface area (Å²) in [6.45, 7) is 5.77. The van der Waals surface area contributed by atoms with Crippen LogP contribution in [0.3, 0.4) is 0 Å². The zero-order chi connectivity index (χ0) is 11.8. The quantitative estimate of drug-likeness (QED) is 0.696. The number of hydrogen-bond donors (Lipinski definition) is 1. The van der Waals surface area contributed by atoms with Crippen molar-refractivity contribution in [1.29, 1.82) is 0 Å². The normalized spacial score (nSPS) is 34.6. The van der Waals surface area contributed by atoms with Gasteiger partial charge in [-0.05, 0) is 46.0 Å². The second kappa shape index (κ2) is 4.36. The SMILES string of the molecule is CC(C)(C)OC(=O)[C@@H]1CC2CCCCC2N1. The average Bonchev–Trinajstić information content (AvgIpc) is 2.58. The third kappa shape index (κ3) is 2.76. The van der Waals surface area contributed by atoms with Gasteiger partial charge in [-0.25, -0.2) is 0 Å². The maximum Gasteiger partial charge on any atom is 0.323 e. The molecule has 2 unspecified atom stereocenters. The molecule has 0 spiro atoms. The van der Waals surface area contributed by atoms with Crippen LogP contribution in [0.25, 0.3) is 0 Å². The Morgan fingerprint density at radius 2 is 1.94 bits per heavy atom. The molecule has 2 fully saturated rings. The van der Waals surface area contributed by atoms with Crippen LogP contribution >= 0.6 is 0 Å². The zero-order valence-corrected chi connectivity index (χ0v) is 10.6. The van der Waals surface area contributed by atoms with E-state index in [-0.39, 0.29) is 17.6 Å². The van der Waals surface area contributed by atoms with E-state index in [1.807, 2.05) is 20.8 Å². The number of hydrogen-bond acceptors (Lipinski definition) is 3. The van der Waals surface area contributed by atoms with Crippen LogP contribution in [-0.2, 0) is 9.53 Å². The molecule has 0 aromatic carbocycles. The van der Waals surface area contributed by atoms with Gasteiger partial charge in [0.1, 0.15) is 11.6 Å². The summed E-state index contributed by atoms with van der Waals surface area (Å²) in [7, 11) is 0. The first-order valence-electron chi connectivity index (χ1n) is 6.44. The van der Waals surface area contributed by atoms with Crippen LogP contribution in [-0.4, -0.2) is 23.7 Å². The van der Waals surface area contributed by atoms with Crippen LogP contribution in [0.4, 0.5) is 0 Å². The fourth-order valence-corrected chi connectivity index (χ4v) is 2.88. The molecule has 2 rings (SSSR count). The molecule has 0 aromatic rings. The average molecular weight is 225 g/mol. The standard InChI is InChI=1S/C13H23NO2/c1-13(2,3)16-12(15)11-8-9-6-4-5-7-10(9)14-11/h9-11,14H,4-8H2,1-3H3/t9?,10?,11-/m0/s1. The Bertz CT molecular complexity index is 256. The third-order valence-corrected chi connectivity index (χ3v) is 3.55. The van der Waals surface area contributed by atoms with Crippen molar-refractivity contribution in [3.8, 4) is 0 Å². The molecular weight excluding hydrogens is 202 g/mol. The van der Waals surface area contributed by atoms with Crippen molar-refractivity contribution in [3.05, 3.63) is 0 Å². The smallest absolute Gasteiger partial charge is 0.323 e. The van der Waals surface area contributed by atoms with Gasteiger partial charge in [0.25, 0.3) is 0 Å². The summed E-state index contributed by atoms with van der Waals surface area (Å²) in [5, 5.41) is 3.44. The van der Waals surface area contributed by atoms with E-state index in [1.54, 1.807) is 0 Å². The number of carbonyl (C=O) groups is 1. The Labute approximate surface area is 97.9 Å².